The molecule has 0 atom stereocenters. The lowest BCUT2D eigenvalue weighted by Crippen LogP contribution is -2.39. The molecule has 1 aromatic carbocycles. The first-order chi connectivity index (χ1) is 14.5. The van der Waals surface area contributed by atoms with Crippen LogP contribution in [0.25, 0.3) is 12.2 Å². The Labute approximate surface area is 187 Å². The number of aromatic nitrogens is 1. The molecule has 0 saturated carbocycles. The van der Waals surface area contributed by atoms with Crippen LogP contribution in [0.3, 0.4) is 0 Å². The smallest absolute Gasteiger partial charge is 0.333 e. The second-order valence-electron chi connectivity index (χ2n) is 8.81. The van der Waals surface area contributed by atoms with E-state index in [1.165, 1.54) is 27.5 Å². The van der Waals surface area contributed by atoms with Gasteiger partial charge >= 0.3 is 5.97 Å². The lowest BCUT2D eigenvalue weighted by Gasteiger charge is -2.18. The minimum absolute atomic E-state index is 0.0410. The number of hydrogen-bond donors (Lipinski definition) is 1. The maximum Gasteiger partial charge on any atom is 0.333 e. The van der Waals surface area contributed by atoms with Crippen LogP contribution in [-0.2, 0) is 26.3 Å². The monoisotopic (exact) mass is 444 g/mol. The molecular formula is C24H32N2O4S. The van der Waals surface area contributed by atoms with E-state index in [2.05, 4.69) is 26.1 Å². The average molecular weight is 445 g/mol. The number of nitrogens with zero attached hydrogens (tertiary/aromatic N) is 1. The van der Waals surface area contributed by atoms with Gasteiger partial charge in [0, 0.05) is 6.54 Å². The van der Waals surface area contributed by atoms with Gasteiger partial charge < -0.3 is 10.1 Å². The molecule has 0 radical (unpaired) electrons. The maximum absolute atomic E-state index is 13.0. The van der Waals surface area contributed by atoms with Gasteiger partial charge in [0.1, 0.15) is 11.2 Å². The van der Waals surface area contributed by atoms with Crippen molar-refractivity contribution in [1.29, 1.82) is 0 Å². The van der Waals surface area contributed by atoms with Gasteiger partial charge in [-0.15, -0.1) is 11.3 Å². The van der Waals surface area contributed by atoms with Crippen molar-refractivity contribution in [2.75, 3.05) is 13.2 Å². The Kier molecular flexibility index (Phi) is 8.39. The minimum Gasteiger partial charge on any atom is -0.463 e. The fourth-order valence-corrected chi connectivity index (χ4v) is 3.86. The number of carbonyl (C=O) groups excluding carboxylic acids is 2. The van der Waals surface area contributed by atoms with Crippen molar-refractivity contribution in [2.45, 2.75) is 53.5 Å². The van der Waals surface area contributed by atoms with Crippen LogP contribution >= 0.6 is 11.3 Å². The average Bonchev–Trinajstić information content (AvgIpc) is 2.95. The van der Waals surface area contributed by atoms with Gasteiger partial charge in [-0.25, -0.2) is 4.79 Å². The maximum atomic E-state index is 13.0. The molecule has 168 valence electrons. The van der Waals surface area contributed by atoms with Gasteiger partial charge in [-0.3, -0.25) is 14.2 Å². The van der Waals surface area contributed by atoms with E-state index in [-0.39, 0.29) is 30.0 Å². The lowest BCUT2D eigenvalue weighted by atomic mass is 9.87. The van der Waals surface area contributed by atoms with Gasteiger partial charge in [-0.05, 0) is 35.5 Å². The first-order valence-electron chi connectivity index (χ1n) is 10.5. The van der Waals surface area contributed by atoms with E-state index in [1.54, 1.807) is 13.0 Å². The highest BCUT2D eigenvalue weighted by molar-refractivity contribution is 7.07. The van der Waals surface area contributed by atoms with Crippen LogP contribution in [-0.4, -0.2) is 29.6 Å². The SMILES string of the molecule is CCOC(=O)/C=c1\s/c(=C\c2ccc(C(C)(C)C)cc2)c(=O)n1CC(=O)NCC(C)C. The Morgan fingerprint density at radius 1 is 1.19 bits per heavy atom. The van der Waals surface area contributed by atoms with E-state index in [4.69, 9.17) is 4.74 Å². The van der Waals surface area contributed by atoms with Crippen molar-refractivity contribution in [2.24, 2.45) is 5.92 Å². The van der Waals surface area contributed by atoms with Crippen molar-refractivity contribution in [1.82, 2.24) is 9.88 Å². The molecule has 7 heteroatoms. The van der Waals surface area contributed by atoms with Gasteiger partial charge in [0.15, 0.2) is 0 Å². The number of ether oxygens (including phenoxy) is 1. The first-order valence-corrected chi connectivity index (χ1v) is 11.3. The Morgan fingerprint density at radius 3 is 2.39 bits per heavy atom. The molecule has 1 N–H and O–H groups in total. The molecule has 6 nitrogen and oxygen atoms in total. The Hall–Kier alpha value is -2.67. The van der Waals surface area contributed by atoms with Gasteiger partial charge in [-0.2, -0.15) is 0 Å². The number of thiazole rings is 1. The quantitative estimate of drug-likeness (QED) is 0.664. The summed E-state index contributed by atoms with van der Waals surface area (Å²) < 4.78 is 7.15. The summed E-state index contributed by atoms with van der Waals surface area (Å²) in [6, 6.07) is 8.02. The standard InChI is InChI=1S/C24H32N2O4S/c1-7-30-22(28)13-21-26(15-20(27)25-14-16(2)3)23(29)19(31-21)12-17-8-10-18(11-9-17)24(4,5)6/h8-13,16H,7,14-15H2,1-6H3,(H,25,27)/b19-12-,21-13-. The van der Waals surface area contributed by atoms with Gasteiger partial charge in [0.25, 0.3) is 5.56 Å². The number of benzene rings is 1. The number of esters is 1. The molecule has 0 bridgehead atoms. The number of hydrogen-bond acceptors (Lipinski definition) is 5. The Morgan fingerprint density at radius 2 is 1.84 bits per heavy atom. The molecule has 0 unspecified atom stereocenters. The molecule has 1 heterocycles. The molecule has 0 aliphatic rings. The summed E-state index contributed by atoms with van der Waals surface area (Å²) in [5.41, 5.74) is 1.82. The summed E-state index contributed by atoms with van der Waals surface area (Å²) in [5, 5.41) is 2.81. The summed E-state index contributed by atoms with van der Waals surface area (Å²) in [6.45, 7) is 12.7. The number of carbonyl (C=O) groups is 2. The van der Waals surface area contributed by atoms with Gasteiger partial charge in [-0.1, -0.05) is 58.9 Å². The summed E-state index contributed by atoms with van der Waals surface area (Å²) in [7, 11) is 0. The van der Waals surface area contributed by atoms with Crippen LogP contribution in [0, 0.1) is 5.92 Å². The van der Waals surface area contributed by atoms with Crippen molar-refractivity contribution in [3.63, 3.8) is 0 Å². The van der Waals surface area contributed by atoms with Crippen molar-refractivity contribution >= 4 is 35.4 Å². The fourth-order valence-electron chi connectivity index (χ4n) is 2.83. The van der Waals surface area contributed by atoms with E-state index in [0.717, 1.165) is 5.56 Å². The molecule has 0 aliphatic heterocycles. The van der Waals surface area contributed by atoms with E-state index in [1.807, 2.05) is 38.1 Å². The number of nitrogens with one attached hydrogen (secondary N) is 1. The molecule has 1 aromatic heterocycles. The minimum atomic E-state index is -0.541. The molecule has 0 saturated heterocycles. The highest BCUT2D eigenvalue weighted by atomic mass is 32.1. The zero-order chi connectivity index (χ0) is 23.2. The zero-order valence-electron chi connectivity index (χ0n) is 19.2. The summed E-state index contributed by atoms with van der Waals surface area (Å²) in [4.78, 5) is 37.3. The van der Waals surface area contributed by atoms with Crippen LogP contribution in [0.2, 0.25) is 0 Å². The highest BCUT2D eigenvalue weighted by Crippen LogP contribution is 2.22. The predicted octanol–water partition coefficient (Wildman–Crippen LogP) is 2.15. The van der Waals surface area contributed by atoms with Crippen LogP contribution in [0.1, 0.15) is 52.7 Å². The van der Waals surface area contributed by atoms with Crippen molar-refractivity contribution in [3.05, 3.63) is 54.9 Å². The van der Waals surface area contributed by atoms with E-state index >= 15 is 0 Å². The normalized spacial score (nSPS) is 13.0. The van der Waals surface area contributed by atoms with Crippen LogP contribution in [0.4, 0.5) is 0 Å². The molecular weight excluding hydrogens is 412 g/mol. The first kappa shape index (κ1) is 24.6. The molecule has 1 amide bonds. The molecule has 31 heavy (non-hydrogen) atoms. The van der Waals surface area contributed by atoms with Crippen LogP contribution < -0.4 is 20.1 Å². The molecule has 2 aromatic rings. The van der Waals surface area contributed by atoms with Crippen molar-refractivity contribution in [3.8, 4) is 0 Å². The summed E-state index contributed by atoms with van der Waals surface area (Å²) >= 11 is 1.17. The fraction of sp³-hybridized carbons (Fsp3) is 0.458. The second kappa shape index (κ2) is 10.6. The molecule has 0 spiro atoms. The number of amides is 1. The van der Waals surface area contributed by atoms with Gasteiger partial charge in [0.05, 0.1) is 17.2 Å². The lowest BCUT2D eigenvalue weighted by molar-refractivity contribution is -0.135. The third-order valence-corrected chi connectivity index (χ3v) is 5.61. The largest absolute Gasteiger partial charge is 0.463 e. The van der Waals surface area contributed by atoms with Gasteiger partial charge in [0.2, 0.25) is 5.91 Å². The van der Waals surface area contributed by atoms with Crippen molar-refractivity contribution < 1.29 is 14.3 Å². The van der Waals surface area contributed by atoms with Crippen LogP contribution in [0.5, 0.6) is 0 Å². The topological polar surface area (TPSA) is 77.4 Å². The van der Waals surface area contributed by atoms with E-state index in [0.29, 0.717) is 21.7 Å². The Balaban J connectivity index is 2.48. The molecule has 0 fully saturated rings. The predicted molar refractivity (Wildman–Crippen MR) is 125 cm³/mol. The molecule has 2 rings (SSSR count). The highest BCUT2D eigenvalue weighted by Gasteiger charge is 2.13. The summed E-state index contributed by atoms with van der Waals surface area (Å²) in [6.07, 6.45) is 3.05. The third kappa shape index (κ3) is 7.21. The molecule has 0 aliphatic carbocycles. The third-order valence-electron chi connectivity index (χ3n) is 4.55. The zero-order valence-corrected chi connectivity index (χ0v) is 20.0. The second-order valence-corrected chi connectivity index (χ2v) is 9.87. The van der Waals surface area contributed by atoms with E-state index < -0.39 is 5.97 Å². The summed E-state index contributed by atoms with van der Waals surface area (Å²) in [5.74, 6) is -0.511. The Bertz CT molecular complexity index is 1090. The van der Waals surface area contributed by atoms with E-state index in [9.17, 15) is 14.4 Å². The number of rotatable bonds is 7. The van der Waals surface area contributed by atoms with Crippen LogP contribution in [0.15, 0.2) is 29.1 Å².